The highest BCUT2D eigenvalue weighted by Gasteiger charge is 2.43. The molecule has 3 N–H and O–H groups in total. The summed E-state index contributed by atoms with van der Waals surface area (Å²) in [6.45, 7) is 0.110. The lowest BCUT2D eigenvalue weighted by Crippen LogP contribution is -2.44. The molecule has 0 radical (unpaired) electrons. The number of para-hydroxylation sites is 1. The Morgan fingerprint density at radius 2 is 2.10 bits per heavy atom. The van der Waals surface area contributed by atoms with Gasteiger partial charge in [0.25, 0.3) is 0 Å². The molecule has 1 aromatic carbocycles. The van der Waals surface area contributed by atoms with Crippen LogP contribution in [-0.4, -0.2) is 51.4 Å². The minimum Gasteiger partial charge on any atom is -0.495 e. The largest absolute Gasteiger partial charge is 0.495 e. The van der Waals surface area contributed by atoms with Gasteiger partial charge in [0.05, 0.1) is 7.11 Å². The summed E-state index contributed by atoms with van der Waals surface area (Å²) in [5.41, 5.74) is 5.84. The van der Waals surface area contributed by atoms with Gasteiger partial charge in [-0.2, -0.15) is 4.31 Å². The van der Waals surface area contributed by atoms with Gasteiger partial charge in [-0.15, -0.1) is 0 Å². The van der Waals surface area contributed by atoms with E-state index >= 15 is 0 Å². The summed E-state index contributed by atoms with van der Waals surface area (Å²) in [7, 11) is -0.976. The zero-order chi connectivity index (χ0) is 15.6. The molecule has 1 aromatic rings. The number of carbonyl (C=O) groups is 1. The molecule has 21 heavy (non-hydrogen) atoms. The number of hydrogen-bond donors (Lipinski definition) is 2. The second kappa shape index (κ2) is 6.00. The number of nitrogens with two attached hydrogens (primary N) is 1. The highest BCUT2D eigenvalue weighted by Crippen LogP contribution is 2.31. The summed E-state index contributed by atoms with van der Waals surface area (Å²) in [5, 5.41) is 2.48. The molecule has 1 amide bonds. The van der Waals surface area contributed by atoms with Gasteiger partial charge < -0.3 is 15.8 Å². The van der Waals surface area contributed by atoms with Crippen molar-refractivity contribution in [1.29, 1.82) is 0 Å². The Bertz CT molecular complexity index is 632. The van der Waals surface area contributed by atoms with E-state index in [4.69, 9.17) is 10.5 Å². The van der Waals surface area contributed by atoms with Crippen molar-refractivity contribution in [2.75, 3.05) is 20.7 Å². The van der Waals surface area contributed by atoms with Gasteiger partial charge >= 0.3 is 0 Å². The molecular formula is C13H19N3O4S. The van der Waals surface area contributed by atoms with Crippen molar-refractivity contribution in [1.82, 2.24) is 9.62 Å². The quantitative estimate of drug-likeness (QED) is 0.782. The van der Waals surface area contributed by atoms with Gasteiger partial charge in [0, 0.05) is 19.6 Å². The van der Waals surface area contributed by atoms with Gasteiger partial charge in [-0.25, -0.2) is 8.42 Å². The van der Waals surface area contributed by atoms with Crippen LogP contribution in [0.4, 0.5) is 0 Å². The second-order valence-corrected chi connectivity index (χ2v) is 6.71. The molecule has 1 aliphatic rings. The Kier molecular flexibility index (Phi) is 4.50. The number of hydrogen-bond acceptors (Lipinski definition) is 5. The number of nitrogens with one attached hydrogen (secondary N) is 1. The van der Waals surface area contributed by atoms with E-state index in [0.29, 0.717) is 6.42 Å². The zero-order valence-corrected chi connectivity index (χ0v) is 12.8. The van der Waals surface area contributed by atoms with E-state index in [9.17, 15) is 13.2 Å². The van der Waals surface area contributed by atoms with Crippen molar-refractivity contribution >= 4 is 15.9 Å². The monoisotopic (exact) mass is 313 g/mol. The molecule has 0 aromatic heterocycles. The number of ether oxygens (including phenoxy) is 1. The molecule has 2 rings (SSSR count). The number of benzene rings is 1. The number of amides is 1. The van der Waals surface area contributed by atoms with Gasteiger partial charge in [0.15, 0.2) is 0 Å². The van der Waals surface area contributed by atoms with E-state index < -0.39 is 16.1 Å². The van der Waals surface area contributed by atoms with Crippen LogP contribution in [0.5, 0.6) is 5.75 Å². The van der Waals surface area contributed by atoms with Crippen molar-refractivity contribution in [2.24, 2.45) is 5.73 Å². The van der Waals surface area contributed by atoms with E-state index in [1.807, 2.05) is 0 Å². The lowest BCUT2D eigenvalue weighted by molar-refractivity contribution is -0.123. The maximum absolute atomic E-state index is 12.8. The zero-order valence-electron chi connectivity index (χ0n) is 11.9. The number of rotatable bonds is 4. The first kappa shape index (κ1) is 15.7. The van der Waals surface area contributed by atoms with Crippen LogP contribution in [0, 0.1) is 0 Å². The molecule has 0 aliphatic carbocycles. The van der Waals surface area contributed by atoms with Crippen LogP contribution in [0.2, 0.25) is 0 Å². The number of nitrogens with zero attached hydrogens (tertiary/aromatic N) is 1. The maximum atomic E-state index is 12.8. The fraction of sp³-hybridized carbons (Fsp3) is 0.462. The third-order valence-corrected chi connectivity index (χ3v) is 5.41. The standard InChI is InChI=1S/C13H19N3O4S/c1-15-13(17)10-7-9(14)8-16(10)21(18,19)12-6-4-3-5-11(12)20-2/h3-6,9-10H,7-8,14H2,1-2H3,(H,15,17)/t9-,10+/m1/s1. The Morgan fingerprint density at radius 1 is 1.43 bits per heavy atom. The SMILES string of the molecule is CNC(=O)[C@@H]1C[C@@H](N)CN1S(=O)(=O)c1ccccc1OC. The summed E-state index contributed by atoms with van der Waals surface area (Å²) < 4.78 is 31.9. The van der Waals surface area contributed by atoms with E-state index in [2.05, 4.69) is 5.32 Å². The maximum Gasteiger partial charge on any atom is 0.247 e. The smallest absolute Gasteiger partial charge is 0.247 e. The molecule has 0 bridgehead atoms. The second-order valence-electron chi connectivity index (χ2n) is 4.85. The van der Waals surface area contributed by atoms with Crippen molar-refractivity contribution in [3.8, 4) is 5.75 Å². The summed E-state index contributed by atoms with van der Waals surface area (Å²) in [6, 6.07) is 5.16. The van der Waals surface area contributed by atoms with E-state index in [1.165, 1.54) is 20.2 Å². The minimum atomic E-state index is -3.85. The highest BCUT2D eigenvalue weighted by atomic mass is 32.2. The molecule has 1 aliphatic heterocycles. The first-order chi connectivity index (χ1) is 9.91. The van der Waals surface area contributed by atoms with Gasteiger partial charge in [-0.1, -0.05) is 12.1 Å². The predicted molar refractivity (Wildman–Crippen MR) is 77.3 cm³/mol. The summed E-state index contributed by atoms with van der Waals surface area (Å²) in [6.07, 6.45) is 0.300. The molecule has 1 heterocycles. The lowest BCUT2D eigenvalue weighted by Gasteiger charge is -2.23. The van der Waals surface area contributed by atoms with Crippen LogP contribution in [-0.2, 0) is 14.8 Å². The van der Waals surface area contributed by atoms with Gasteiger partial charge in [0.1, 0.15) is 16.7 Å². The van der Waals surface area contributed by atoms with Crippen LogP contribution in [0.15, 0.2) is 29.2 Å². The Hall–Kier alpha value is -1.64. The number of carbonyl (C=O) groups excluding carboxylic acids is 1. The fourth-order valence-electron chi connectivity index (χ4n) is 2.47. The molecule has 8 heteroatoms. The van der Waals surface area contributed by atoms with Gasteiger partial charge in [0.2, 0.25) is 15.9 Å². The van der Waals surface area contributed by atoms with Crippen LogP contribution >= 0.6 is 0 Å². The number of likely N-dealkylation sites (N-methyl/N-ethyl adjacent to an activating group) is 1. The molecule has 116 valence electrons. The first-order valence-corrected chi connectivity index (χ1v) is 7.98. The predicted octanol–water partition coefficient (Wildman–Crippen LogP) is -0.468. The first-order valence-electron chi connectivity index (χ1n) is 6.54. The molecule has 2 atom stereocenters. The van der Waals surface area contributed by atoms with Crippen LogP contribution in [0.25, 0.3) is 0 Å². The molecular weight excluding hydrogens is 294 g/mol. The highest BCUT2D eigenvalue weighted by molar-refractivity contribution is 7.89. The van der Waals surface area contributed by atoms with Gasteiger partial charge in [-0.3, -0.25) is 4.79 Å². The minimum absolute atomic E-state index is 0.0375. The Balaban J connectivity index is 2.45. The van der Waals surface area contributed by atoms with E-state index in [-0.39, 0.29) is 29.1 Å². The van der Waals surface area contributed by atoms with E-state index in [1.54, 1.807) is 18.2 Å². The fourth-order valence-corrected chi connectivity index (χ4v) is 4.28. The van der Waals surface area contributed by atoms with E-state index in [0.717, 1.165) is 4.31 Å². The number of methoxy groups -OCH3 is 1. The van der Waals surface area contributed by atoms with Crippen LogP contribution < -0.4 is 15.8 Å². The average molecular weight is 313 g/mol. The topological polar surface area (TPSA) is 102 Å². The third kappa shape index (κ3) is 2.87. The lowest BCUT2D eigenvalue weighted by atomic mass is 10.2. The average Bonchev–Trinajstić information content (AvgIpc) is 2.89. The van der Waals surface area contributed by atoms with Crippen molar-refractivity contribution in [2.45, 2.75) is 23.4 Å². The Labute approximate surface area is 124 Å². The number of sulfonamides is 1. The molecule has 0 unspecified atom stereocenters. The normalized spacial score (nSPS) is 23.0. The summed E-state index contributed by atoms with van der Waals surface area (Å²) >= 11 is 0. The molecule has 1 fully saturated rings. The molecule has 7 nitrogen and oxygen atoms in total. The van der Waals surface area contributed by atoms with Gasteiger partial charge in [-0.05, 0) is 18.6 Å². The molecule has 1 saturated heterocycles. The van der Waals surface area contributed by atoms with Crippen molar-refractivity contribution < 1.29 is 17.9 Å². The van der Waals surface area contributed by atoms with Crippen molar-refractivity contribution in [3.63, 3.8) is 0 Å². The Morgan fingerprint density at radius 3 is 2.71 bits per heavy atom. The third-order valence-electron chi connectivity index (χ3n) is 3.49. The molecule has 0 saturated carbocycles. The van der Waals surface area contributed by atoms with Crippen molar-refractivity contribution in [3.05, 3.63) is 24.3 Å². The molecule has 0 spiro atoms. The van der Waals surface area contributed by atoms with Crippen LogP contribution in [0.3, 0.4) is 0 Å². The summed E-state index contributed by atoms with van der Waals surface area (Å²) in [5.74, 6) is -0.116. The summed E-state index contributed by atoms with van der Waals surface area (Å²) in [4.78, 5) is 11.9. The van der Waals surface area contributed by atoms with Crippen LogP contribution in [0.1, 0.15) is 6.42 Å².